The average Bonchev–Trinajstić information content (AvgIpc) is 3.81. The lowest BCUT2D eigenvalue weighted by molar-refractivity contribution is -0.143. The summed E-state index contributed by atoms with van der Waals surface area (Å²) in [5.41, 5.74) is 23.4. The van der Waals surface area contributed by atoms with E-state index in [2.05, 4.69) is 42.2 Å². The Kier molecular flexibility index (Phi) is 26.5. The van der Waals surface area contributed by atoms with Crippen LogP contribution in [0, 0.1) is 23.7 Å². The number of nitrogens with one attached hydrogen (secondary N) is 7. The summed E-state index contributed by atoms with van der Waals surface area (Å²) in [7, 11) is 0. The van der Waals surface area contributed by atoms with Crippen LogP contribution in [0.2, 0.25) is 0 Å². The molecule has 16 N–H and O–H groups in total. The molecule has 1 saturated heterocycles. The zero-order valence-electron chi connectivity index (χ0n) is 44.4. The van der Waals surface area contributed by atoms with Crippen LogP contribution in [-0.4, -0.2) is 143 Å². The van der Waals surface area contributed by atoms with Gasteiger partial charge in [0.1, 0.15) is 48.3 Å². The molecule has 2 rings (SSSR count). The zero-order chi connectivity index (χ0) is 56.0. The monoisotopic (exact) mass is 1040 g/mol. The number of benzene rings is 1. The highest BCUT2D eigenvalue weighted by atomic mass is 16.4. The lowest BCUT2D eigenvalue weighted by Crippen LogP contribution is -2.61. The number of guanidine groups is 1. The van der Waals surface area contributed by atoms with Gasteiger partial charge >= 0.3 is 5.97 Å². The Morgan fingerprint density at radius 2 is 1.15 bits per heavy atom. The molecule has 1 aromatic carbocycles. The summed E-state index contributed by atoms with van der Waals surface area (Å²) in [6.07, 6.45) is 0.726. The SMILES string of the molecule is CC(C)C[C@H](NC(=O)[C@@H](NC(=O)[C@H](CC(C)C)NC(=O)[C@@H](NC(=O)[C@H](C)NC(=O)[C@@H]1CCCN1C(=O)[C@H](CCC(N)=O)NC(=O)[C@H](CCCN=C(N)N)NC(=O)[C@@H](N)Cc1ccccc1)C(C)C)C(C)C)C(=O)O. The molecule has 0 radical (unpaired) electrons. The predicted molar refractivity (Wildman–Crippen MR) is 277 cm³/mol. The van der Waals surface area contributed by atoms with E-state index < -0.39 is 125 Å². The van der Waals surface area contributed by atoms with E-state index in [0.29, 0.717) is 6.42 Å². The summed E-state index contributed by atoms with van der Waals surface area (Å²) in [6, 6.07) is -1.69. The minimum atomic E-state index is -1.38. The number of nitrogens with zero attached hydrogens (tertiary/aromatic N) is 2. The molecule has 0 aliphatic carbocycles. The summed E-state index contributed by atoms with van der Waals surface area (Å²) in [4.78, 5) is 139. The molecule has 1 aliphatic heterocycles. The molecule has 414 valence electrons. The van der Waals surface area contributed by atoms with Crippen molar-refractivity contribution in [1.82, 2.24) is 42.1 Å². The molecule has 24 nitrogen and oxygen atoms in total. The topological polar surface area (TPSA) is 395 Å². The maximum Gasteiger partial charge on any atom is 0.326 e. The molecule has 1 heterocycles. The Morgan fingerprint density at radius 1 is 0.635 bits per heavy atom. The lowest BCUT2D eigenvalue weighted by Gasteiger charge is -2.31. The Morgan fingerprint density at radius 3 is 1.68 bits per heavy atom. The Hall–Kier alpha value is -6.85. The molecule has 0 spiro atoms. The van der Waals surface area contributed by atoms with Gasteiger partial charge in [0, 0.05) is 19.5 Å². The molecular weight excluding hydrogens is 959 g/mol. The first-order valence-electron chi connectivity index (χ1n) is 25.4. The molecule has 24 heteroatoms. The lowest BCUT2D eigenvalue weighted by atomic mass is 9.97. The van der Waals surface area contributed by atoms with Crippen LogP contribution >= 0.6 is 0 Å². The molecule has 0 bridgehead atoms. The van der Waals surface area contributed by atoms with Crippen molar-refractivity contribution in [1.29, 1.82) is 0 Å². The first kappa shape index (κ1) is 63.3. The van der Waals surface area contributed by atoms with Gasteiger partial charge in [0.25, 0.3) is 0 Å². The number of carbonyl (C=O) groups is 10. The van der Waals surface area contributed by atoms with Gasteiger partial charge in [-0.2, -0.15) is 0 Å². The number of aliphatic carboxylic acids is 1. The minimum Gasteiger partial charge on any atom is -0.480 e. The molecule has 9 amide bonds. The summed E-state index contributed by atoms with van der Waals surface area (Å²) in [5, 5.41) is 28.2. The van der Waals surface area contributed by atoms with Crippen LogP contribution in [0.4, 0.5) is 0 Å². The van der Waals surface area contributed by atoms with Crippen molar-refractivity contribution in [2.24, 2.45) is 51.6 Å². The fourth-order valence-corrected chi connectivity index (χ4v) is 8.23. The zero-order valence-corrected chi connectivity index (χ0v) is 44.4. The number of primary amides is 1. The van der Waals surface area contributed by atoms with Crippen molar-refractivity contribution in [3.8, 4) is 0 Å². The molecule has 74 heavy (non-hydrogen) atoms. The van der Waals surface area contributed by atoms with E-state index in [1.54, 1.807) is 52.0 Å². The number of carboxylic acids is 1. The fourth-order valence-electron chi connectivity index (χ4n) is 8.23. The third kappa shape index (κ3) is 21.7. The molecule has 0 saturated carbocycles. The molecule has 1 aromatic rings. The molecule has 1 fully saturated rings. The second-order valence-electron chi connectivity index (χ2n) is 20.5. The van der Waals surface area contributed by atoms with Crippen molar-refractivity contribution in [2.75, 3.05) is 13.1 Å². The normalized spacial score (nSPS) is 16.6. The standard InChI is InChI=1S/C50H83N13O11/c1-26(2)23-35(44(68)62-40(29(7)8)47(71)60-36(49(73)74)24-27(3)4)59-46(70)39(28(5)6)61-41(65)30(9)56-45(69)37-18-14-22-63(37)48(72)34(19-20-38(52)64)58-43(67)33(17-13-21-55-50(53)54)57-42(66)32(51)25-31-15-11-10-12-16-31/h10-12,15-16,26-30,32-37,39-40H,13-14,17-25,51H2,1-9H3,(H2,52,64)(H,56,69)(H,57,66)(H,58,67)(H,59,70)(H,60,71)(H,61,65)(H,62,68)(H,73,74)(H4,53,54,55)/t30-,32-,33-,34-,35-,36-,37-,39-,40-/m0/s1. The van der Waals surface area contributed by atoms with Gasteiger partial charge in [0.2, 0.25) is 53.2 Å². The smallest absolute Gasteiger partial charge is 0.326 e. The first-order valence-corrected chi connectivity index (χ1v) is 25.4. The van der Waals surface area contributed by atoms with Crippen molar-refractivity contribution < 1.29 is 53.1 Å². The van der Waals surface area contributed by atoms with E-state index in [9.17, 15) is 53.1 Å². The van der Waals surface area contributed by atoms with Crippen molar-refractivity contribution in [2.45, 2.75) is 174 Å². The number of hydrogen-bond acceptors (Lipinski definition) is 12. The molecule has 0 unspecified atom stereocenters. The number of carboxylic acid groups (broad SMARTS) is 1. The highest BCUT2D eigenvalue weighted by Gasteiger charge is 2.40. The highest BCUT2D eigenvalue weighted by molar-refractivity contribution is 5.98. The predicted octanol–water partition coefficient (Wildman–Crippen LogP) is -1.23. The van der Waals surface area contributed by atoms with Gasteiger partial charge in [-0.25, -0.2) is 4.79 Å². The third-order valence-corrected chi connectivity index (χ3v) is 12.3. The Balaban J connectivity index is 2.24. The van der Waals surface area contributed by atoms with E-state index >= 15 is 0 Å². The van der Waals surface area contributed by atoms with E-state index in [-0.39, 0.29) is 82.3 Å². The second kappa shape index (κ2) is 31.0. The third-order valence-electron chi connectivity index (χ3n) is 12.3. The van der Waals surface area contributed by atoms with Gasteiger partial charge < -0.3 is 70.2 Å². The number of likely N-dealkylation sites (tertiary alicyclic amines) is 1. The maximum absolute atomic E-state index is 14.3. The Bertz CT molecular complexity index is 2120. The van der Waals surface area contributed by atoms with E-state index in [1.807, 2.05) is 33.8 Å². The minimum absolute atomic E-state index is 0.0283. The summed E-state index contributed by atoms with van der Waals surface area (Å²) < 4.78 is 0. The van der Waals surface area contributed by atoms with Crippen LogP contribution in [0.15, 0.2) is 35.3 Å². The van der Waals surface area contributed by atoms with E-state index in [1.165, 1.54) is 11.8 Å². The summed E-state index contributed by atoms with van der Waals surface area (Å²) in [6.45, 7) is 15.6. The van der Waals surface area contributed by atoms with Gasteiger partial charge in [0.05, 0.1) is 6.04 Å². The van der Waals surface area contributed by atoms with Gasteiger partial charge in [-0.1, -0.05) is 85.7 Å². The van der Waals surface area contributed by atoms with Gasteiger partial charge in [-0.3, -0.25) is 48.1 Å². The largest absolute Gasteiger partial charge is 0.480 e. The van der Waals surface area contributed by atoms with Crippen LogP contribution < -0.4 is 60.2 Å². The number of nitrogens with two attached hydrogens (primary N) is 4. The van der Waals surface area contributed by atoms with E-state index in [4.69, 9.17) is 22.9 Å². The first-order chi connectivity index (χ1) is 34.6. The van der Waals surface area contributed by atoms with Crippen molar-refractivity contribution in [3.05, 3.63) is 35.9 Å². The van der Waals surface area contributed by atoms with Crippen LogP contribution in [0.5, 0.6) is 0 Å². The highest BCUT2D eigenvalue weighted by Crippen LogP contribution is 2.21. The number of aliphatic imine (C=N–C) groups is 1. The second-order valence-corrected chi connectivity index (χ2v) is 20.5. The maximum atomic E-state index is 14.3. The molecule has 0 aromatic heterocycles. The molecule has 1 aliphatic rings. The molecular formula is C50H83N13O11. The van der Waals surface area contributed by atoms with Crippen LogP contribution in [0.1, 0.15) is 119 Å². The van der Waals surface area contributed by atoms with Crippen LogP contribution in [-0.2, 0) is 54.4 Å². The summed E-state index contributed by atoms with van der Waals surface area (Å²) >= 11 is 0. The quantitative estimate of drug-likeness (QED) is 0.0236. The number of amides is 9. The number of carbonyl (C=O) groups excluding carboxylic acids is 9. The van der Waals surface area contributed by atoms with E-state index in [0.717, 1.165) is 5.56 Å². The number of rotatable bonds is 31. The van der Waals surface area contributed by atoms with Gasteiger partial charge in [-0.05, 0) is 87.5 Å². The van der Waals surface area contributed by atoms with Crippen LogP contribution in [0.25, 0.3) is 0 Å². The van der Waals surface area contributed by atoms with Crippen molar-refractivity contribution >= 4 is 65.1 Å². The Labute approximate surface area is 434 Å². The molecule has 9 atom stereocenters. The summed E-state index contributed by atoms with van der Waals surface area (Å²) in [5.74, 6) is -9.02. The average molecular weight is 1040 g/mol. The number of hydrogen-bond donors (Lipinski definition) is 12. The fraction of sp³-hybridized carbons (Fsp3) is 0.660. The van der Waals surface area contributed by atoms with Gasteiger partial charge in [-0.15, -0.1) is 0 Å². The van der Waals surface area contributed by atoms with Crippen LogP contribution in [0.3, 0.4) is 0 Å². The van der Waals surface area contributed by atoms with Crippen molar-refractivity contribution in [3.63, 3.8) is 0 Å². The van der Waals surface area contributed by atoms with Gasteiger partial charge in [0.15, 0.2) is 5.96 Å².